The number of benzene rings is 1. The van der Waals surface area contributed by atoms with E-state index in [4.69, 9.17) is 5.73 Å². The van der Waals surface area contributed by atoms with Crippen molar-refractivity contribution in [3.05, 3.63) is 24.3 Å². The first kappa shape index (κ1) is 12.4. The first-order valence-electron chi connectivity index (χ1n) is 5.55. The fraction of sp³-hybridized carbons (Fsp3) is 0.417. The van der Waals surface area contributed by atoms with Crippen molar-refractivity contribution in [2.24, 2.45) is 0 Å². The van der Waals surface area contributed by atoms with Gasteiger partial charge >= 0.3 is 0 Å². The van der Waals surface area contributed by atoms with E-state index in [-0.39, 0.29) is 0 Å². The van der Waals surface area contributed by atoms with Crippen LogP contribution in [0.25, 0.3) is 0 Å². The molecular formula is C12H19N3O. The van der Waals surface area contributed by atoms with Crippen molar-refractivity contribution in [2.45, 2.75) is 13.3 Å². The Morgan fingerprint density at radius 2 is 2.00 bits per heavy atom. The summed E-state index contributed by atoms with van der Waals surface area (Å²) >= 11 is 0. The maximum absolute atomic E-state index is 10.2. The third-order valence-electron chi connectivity index (χ3n) is 2.36. The second-order valence-electron chi connectivity index (χ2n) is 3.65. The van der Waals surface area contributed by atoms with Crippen molar-refractivity contribution in [3.8, 4) is 0 Å². The van der Waals surface area contributed by atoms with Gasteiger partial charge in [-0.1, -0.05) is 6.92 Å². The van der Waals surface area contributed by atoms with Crippen LogP contribution in [0.4, 0.5) is 11.4 Å². The highest BCUT2D eigenvalue weighted by Crippen LogP contribution is 2.16. The number of amides is 1. The zero-order chi connectivity index (χ0) is 11.8. The van der Waals surface area contributed by atoms with E-state index in [1.165, 1.54) is 0 Å². The highest BCUT2D eigenvalue weighted by Gasteiger charge is 2.04. The summed E-state index contributed by atoms with van der Waals surface area (Å²) in [4.78, 5) is 12.4. The van der Waals surface area contributed by atoms with Gasteiger partial charge in [0.1, 0.15) is 0 Å². The van der Waals surface area contributed by atoms with Gasteiger partial charge in [-0.3, -0.25) is 4.79 Å². The topological polar surface area (TPSA) is 58.4 Å². The minimum atomic E-state index is 0.661. The number of hydrogen-bond donors (Lipinski definition) is 2. The summed E-state index contributed by atoms with van der Waals surface area (Å²) in [6.07, 6.45) is 1.80. The molecule has 0 atom stereocenters. The van der Waals surface area contributed by atoms with Crippen LogP contribution < -0.4 is 16.0 Å². The highest BCUT2D eigenvalue weighted by molar-refractivity contribution is 5.53. The Labute approximate surface area is 96.4 Å². The fourth-order valence-corrected chi connectivity index (χ4v) is 1.58. The van der Waals surface area contributed by atoms with Gasteiger partial charge < -0.3 is 16.0 Å². The summed E-state index contributed by atoms with van der Waals surface area (Å²) in [7, 11) is 0. The molecule has 0 fully saturated rings. The Morgan fingerprint density at radius 3 is 2.56 bits per heavy atom. The van der Waals surface area contributed by atoms with Gasteiger partial charge in [0.15, 0.2) is 0 Å². The largest absolute Gasteiger partial charge is 0.399 e. The molecule has 0 aromatic heterocycles. The van der Waals surface area contributed by atoms with Crippen molar-refractivity contribution in [2.75, 3.05) is 30.3 Å². The minimum absolute atomic E-state index is 0.661. The van der Waals surface area contributed by atoms with Crippen LogP contribution in [0.15, 0.2) is 24.3 Å². The zero-order valence-corrected chi connectivity index (χ0v) is 9.65. The van der Waals surface area contributed by atoms with Crippen LogP contribution in [-0.4, -0.2) is 26.0 Å². The van der Waals surface area contributed by atoms with E-state index < -0.39 is 0 Å². The molecule has 1 aromatic rings. The lowest BCUT2D eigenvalue weighted by Crippen LogP contribution is -2.32. The van der Waals surface area contributed by atoms with Gasteiger partial charge in [0.25, 0.3) is 0 Å². The fourth-order valence-electron chi connectivity index (χ4n) is 1.58. The molecule has 88 valence electrons. The summed E-state index contributed by atoms with van der Waals surface area (Å²) in [5.41, 5.74) is 7.56. The van der Waals surface area contributed by atoms with Crippen molar-refractivity contribution in [1.29, 1.82) is 0 Å². The second-order valence-corrected chi connectivity index (χ2v) is 3.65. The van der Waals surface area contributed by atoms with E-state index in [1.807, 2.05) is 24.3 Å². The van der Waals surface area contributed by atoms with Crippen molar-refractivity contribution < 1.29 is 4.79 Å². The third-order valence-corrected chi connectivity index (χ3v) is 2.36. The number of nitrogens with zero attached hydrogens (tertiary/aromatic N) is 1. The Morgan fingerprint density at radius 1 is 1.31 bits per heavy atom. The van der Waals surface area contributed by atoms with Crippen LogP contribution >= 0.6 is 0 Å². The normalized spacial score (nSPS) is 9.81. The Bertz CT molecular complexity index is 311. The molecule has 1 rings (SSSR count). The van der Waals surface area contributed by atoms with E-state index in [9.17, 15) is 4.79 Å². The maximum atomic E-state index is 10.2. The summed E-state index contributed by atoms with van der Waals surface area (Å²) in [5.74, 6) is 0. The number of nitrogen functional groups attached to an aromatic ring is 1. The molecule has 0 radical (unpaired) electrons. The van der Waals surface area contributed by atoms with Crippen LogP contribution in [0.2, 0.25) is 0 Å². The van der Waals surface area contributed by atoms with Crippen molar-refractivity contribution in [1.82, 2.24) is 5.32 Å². The SMILES string of the molecule is CCCN(CCNC=O)c1ccc(N)cc1. The molecule has 16 heavy (non-hydrogen) atoms. The van der Waals surface area contributed by atoms with Crippen LogP contribution in [0.5, 0.6) is 0 Å². The molecule has 1 amide bonds. The molecule has 0 spiro atoms. The summed E-state index contributed by atoms with van der Waals surface area (Å²) < 4.78 is 0. The molecule has 1 aromatic carbocycles. The Kier molecular flexibility index (Phi) is 5.19. The number of anilines is 2. The molecule has 0 bridgehead atoms. The predicted molar refractivity (Wildman–Crippen MR) is 67.4 cm³/mol. The van der Waals surface area contributed by atoms with Crippen molar-refractivity contribution >= 4 is 17.8 Å². The lowest BCUT2D eigenvalue weighted by atomic mass is 10.2. The van der Waals surface area contributed by atoms with Crippen LogP contribution in [-0.2, 0) is 4.79 Å². The quantitative estimate of drug-likeness (QED) is 0.413. The lowest BCUT2D eigenvalue weighted by molar-refractivity contribution is -0.109. The first-order chi connectivity index (χ1) is 7.77. The number of nitrogens with one attached hydrogen (secondary N) is 1. The van der Waals surface area contributed by atoms with Gasteiger partial charge in [0.2, 0.25) is 6.41 Å². The van der Waals surface area contributed by atoms with Crippen LogP contribution in [0.3, 0.4) is 0 Å². The number of carbonyl (C=O) groups excluding carboxylic acids is 1. The molecule has 3 N–H and O–H groups in total. The van der Waals surface area contributed by atoms with Gasteiger partial charge in [0.05, 0.1) is 0 Å². The highest BCUT2D eigenvalue weighted by atomic mass is 16.1. The van der Waals surface area contributed by atoms with Gasteiger partial charge in [-0.05, 0) is 30.7 Å². The van der Waals surface area contributed by atoms with Crippen LogP contribution in [0, 0.1) is 0 Å². The van der Waals surface area contributed by atoms with Gasteiger partial charge in [0, 0.05) is 31.0 Å². The molecule has 0 aliphatic heterocycles. The average molecular weight is 221 g/mol. The van der Waals surface area contributed by atoms with E-state index in [0.29, 0.717) is 6.54 Å². The average Bonchev–Trinajstić information content (AvgIpc) is 2.29. The van der Waals surface area contributed by atoms with E-state index in [0.717, 1.165) is 37.3 Å². The molecule has 0 saturated heterocycles. The predicted octanol–water partition coefficient (Wildman–Crippen LogP) is 1.23. The van der Waals surface area contributed by atoms with E-state index in [2.05, 4.69) is 17.1 Å². The van der Waals surface area contributed by atoms with Crippen molar-refractivity contribution in [3.63, 3.8) is 0 Å². The molecule has 0 aliphatic carbocycles. The van der Waals surface area contributed by atoms with E-state index in [1.54, 1.807) is 0 Å². The number of rotatable bonds is 7. The summed E-state index contributed by atoms with van der Waals surface area (Å²) in [6.45, 7) is 4.59. The molecule has 0 unspecified atom stereocenters. The Hall–Kier alpha value is -1.71. The lowest BCUT2D eigenvalue weighted by Gasteiger charge is -2.24. The smallest absolute Gasteiger partial charge is 0.207 e. The summed E-state index contributed by atoms with van der Waals surface area (Å²) in [6, 6.07) is 7.80. The van der Waals surface area contributed by atoms with E-state index >= 15 is 0 Å². The standard InChI is InChI=1S/C12H19N3O/c1-2-8-15(9-7-14-10-16)12-5-3-11(13)4-6-12/h3-6,10H,2,7-9,13H2,1H3,(H,14,16). The molecular weight excluding hydrogens is 202 g/mol. The van der Waals surface area contributed by atoms with Crippen LogP contribution in [0.1, 0.15) is 13.3 Å². The number of carbonyl (C=O) groups is 1. The first-order valence-corrected chi connectivity index (χ1v) is 5.55. The molecule has 0 saturated carbocycles. The molecule has 4 nitrogen and oxygen atoms in total. The summed E-state index contributed by atoms with van der Waals surface area (Å²) in [5, 5.41) is 2.67. The molecule has 4 heteroatoms. The molecule has 0 aliphatic rings. The Balaban J connectivity index is 2.60. The third kappa shape index (κ3) is 3.81. The van der Waals surface area contributed by atoms with Gasteiger partial charge in [-0.25, -0.2) is 0 Å². The second kappa shape index (κ2) is 6.71. The molecule has 0 heterocycles. The monoisotopic (exact) mass is 221 g/mol. The number of nitrogens with two attached hydrogens (primary N) is 1. The van der Waals surface area contributed by atoms with Gasteiger partial charge in [-0.15, -0.1) is 0 Å². The zero-order valence-electron chi connectivity index (χ0n) is 9.65. The minimum Gasteiger partial charge on any atom is -0.399 e. The maximum Gasteiger partial charge on any atom is 0.207 e. The van der Waals surface area contributed by atoms with Gasteiger partial charge in [-0.2, -0.15) is 0 Å². The number of hydrogen-bond acceptors (Lipinski definition) is 3.